The minimum atomic E-state index is 0.624. The van der Waals surface area contributed by atoms with Crippen molar-refractivity contribution in [2.24, 2.45) is 0 Å². The summed E-state index contributed by atoms with van der Waals surface area (Å²) in [6, 6.07) is 0. The summed E-state index contributed by atoms with van der Waals surface area (Å²) in [6.07, 6.45) is 6.48. The zero-order valence-electron chi connectivity index (χ0n) is 4.32. The molecule has 0 aromatic carbocycles. The van der Waals surface area contributed by atoms with Crippen LogP contribution in [0.25, 0.3) is 0 Å². The maximum absolute atomic E-state index is 5.56. The van der Waals surface area contributed by atoms with Gasteiger partial charge in [0.1, 0.15) is 0 Å². The highest BCUT2D eigenvalue weighted by Gasteiger charge is 1.81. The molecule has 0 fully saturated rings. The van der Waals surface area contributed by atoms with Crippen LogP contribution >= 0.6 is 11.6 Å². The SMILES string of the molecule is ClC1=CC=CCC#C1. The van der Waals surface area contributed by atoms with E-state index in [1.54, 1.807) is 6.08 Å². The predicted molar refractivity (Wildman–Crippen MR) is 35.5 cm³/mol. The van der Waals surface area contributed by atoms with Gasteiger partial charge in [-0.1, -0.05) is 35.6 Å². The molecular weight excluding hydrogens is 120 g/mol. The van der Waals surface area contributed by atoms with Crippen molar-refractivity contribution in [3.63, 3.8) is 0 Å². The Labute approximate surface area is 53.8 Å². The molecule has 1 heteroatoms. The minimum absolute atomic E-state index is 0.624. The summed E-state index contributed by atoms with van der Waals surface area (Å²) < 4.78 is 0. The number of hydrogen-bond donors (Lipinski definition) is 0. The van der Waals surface area contributed by atoms with Crippen LogP contribution in [0, 0.1) is 11.8 Å². The summed E-state index contributed by atoms with van der Waals surface area (Å²) in [5.74, 6) is 5.62. The van der Waals surface area contributed by atoms with Gasteiger partial charge >= 0.3 is 0 Å². The predicted octanol–water partition coefficient (Wildman–Crippen LogP) is 2.07. The van der Waals surface area contributed by atoms with Crippen molar-refractivity contribution in [3.05, 3.63) is 23.3 Å². The van der Waals surface area contributed by atoms with E-state index in [0.717, 1.165) is 6.42 Å². The second kappa shape index (κ2) is 2.59. The molecule has 0 saturated carbocycles. The van der Waals surface area contributed by atoms with E-state index in [1.165, 1.54) is 0 Å². The van der Waals surface area contributed by atoms with Gasteiger partial charge in [0.2, 0.25) is 0 Å². The van der Waals surface area contributed by atoms with Crippen molar-refractivity contribution in [2.75, 3.05) is 0 Å². The number of halogens is 1. The quantitative estimate of drug-likeness (QED) is 0.434. The summed E-state index contributed by atoms with van der Waals surface area (Å²) in [7, 11) is 0. The second-order valence-electron chi connectivity index (χ2n) is 1.45. The second-order valence-corrected chi connectivity index (χ2v) is 1.86. The smallest absolute Gasteiger partial charge is 0.0904 e. The number of allylic oxidation sites excluding steroid dienone is 4. The fourth-order valence-corrected chi connectivity index (χ4v) is 0.596. The topological polar surface area (TPSA) is 0 Å². The molecule has 8 heavy (non-hydrogen) atoms. The largest absolute Gasteiger partial charge is 0.0928 e. The van der Waals surface area contributed by atoms with Crippen molar-refractivity contribution in [3.8, 4) is 11.8 Å². The molecule has 1 aliphatic rings. The summed E-state index contributed by atoms with van der Waals surface area (Å²) in [5, 5.41) is 0.624. The van der Waals surface area contributed by atoms with Crippen LogP contribution in [0.1, 0.15) is 6.42 Å². The molecule has 0 unspecified atom stereocenters. The van der Waals surface area contributed by atoms with Gasteiger partial charge in [0.05, 0.1) is 5.03 Å². The lowest BCUT2D eigenvalue weighted by molar-refractivity contribution is 1.48. The molecule has 0 aromatic heterocycles. The molecule has 0 radical (unpaired) electrons. The average molecular weight is 125 g/mol. The monoisotopic (exact) mass is 124 g/mol. The highest BCUT2D eigenvalue weighted by atomic mass is 35.5. The molecular formula is C7H5Cl. The van der Waals surface area contributed by atoms with Crippen molar-refractivity contribution in [1.82, 2.24) is 0 Å². The first-order valence-electron chi connectivity index (χ1n) is 2.41. The van der Waals surface area contributed by atoms with Gasteiger partial charge in [0.25, 0.3) is 0 Å². The van der Waals surface area contributed by atoms with Crippen molar-refractivity contribution < 1.29 is 0 Å². The summed E-state index contributed by atoms with van der Waals surface area (Å²) in [5.41, 5.74) is 0. The molecule has 0 heterocycles. The van der Waals surface area contributed by atoms with Crippen LogP contribution in [0.4, 0.5) is 0 Å². The van der Waals surface area contributed by atoms with E-state index in [-0.39, 0.29) is 0 Å². The molecule has 0 spiro atoms. The summed E-state index contributed by atoms with van der Waals surface area (Å²) in [4.78, 5) is 0. The Morgan fingerprint density at radius 1 is 1.62 bits per heavy atom. The van der Waals surface area contributed by atoms with Crippen LogP contribution in [-0.4, -0.2) is 0 Å². The lowest BCUT2D eigenvalue weighted by Crippen LogP contribution is -1.56. The molecule has 40 valence electrons. The molecule has 0 aliphatic heterocycles. The first kappa shape index (κ1) is 5.47. The van der Waals surface area contributed by atoms with Crippen molar-refractivity contribution in [1.29, 1.82) is 0 Å². The number of rotatable bonds is 0. The Morgan fingerprint density at radius 3 is 3.38 bits per heavy atom. The van der Waals surface area contributed by atoms with E-state index >= 15 is 0 Å². The van der Waals surface area contributed by atoms with Crippen LogP contribution in [0.2, 0.25) is 0 Å². The minimum Gasteiger partial charge on any atom is -0.0928 e. The molecule has 0 aromatic rings. The first-order valence-corrected chi connectivity index (χ1v) is 2.78. The molecule has 0 amide bonds. The van der Waals surface area contributed by atoms with E-state index in [4.69, 9.17) is 11.6 Å². The number of hydrogen-bond acceptors (Lipinski definition) is 0. The van der Waals surface area contributed by atoms with E-state index < -0.39 is 0 Å². The summed E-state index contributed by atoms with van der Waals surface area (Å²) >= 11 is 5.56. The Hall–Kier alpha value is -0.670. The lowest BCUT2D eigenvalue weighted by Gasteiger charge is -1.72. The highest BCUT2D eigenvalue weighted by Crippen LogP contribution is 2.01. The van der Waals surface area contributed by atoms with Gasteiger partial charge in [-0.05, 0) is 6.08 Å². The Kier molecular flexibility index (Phi) is 1.77. The molecule has 0 N–H and O–H groups in total. The van der Waals surface area contributed by atoms with E-state index in [2.05, 4.69) is 11.8 Å². The normalized spacial score (nSPS) is 15.9. The van der Waals surface area contributed by atoms with Crippen LogP contribution in [0.3, 0.4) is 0 Å². The van der Waals surface area contributed by atoms with Gasteiger partial charge in [0, 0.05) is 6.42 Å². The third-order valence-corrected chi connectivity index (χ3v) is 1.03. The fraction of sp³-hybridized carbons (Fsp3) is 0.143. The molecule has 0 bridgehead atoms. The molecule has 0 nitrogen and oxygen atoms in total. The Bertz CT molecular complexity index is 188. The van der Waals surface area contributed by atoms with Crippen molar-refractivity contribution >= 4 is 11.6 Å². The van der Waals surface area contributed by atoms with Gasteiger partial charge < -0.3 is 0 Å². The van der Waals surface area contributed by atoms with E-state index in [1.807, 2.05) is 12.2 Å². The van der Waals surface area contributed by atoms with Gasteiger partial charge in [-0.2, -0.15) is 0 Å². The Balaban J connectivity index is 2.80. The van der Waals surface area contributed by atoms with Crippen molar-refractivity contribution in [2.45, 2.75) is 6.42 Å². The standard InChI is InChI=1S/C7H5Cl/c8-7-5-3-1-2-4-6-7/h1,3,5H,2H2. The maximum atomic E-state index is 5.56. The molecule has 0 saturated heterocycles. The lowest BCUT2D eigenvalue weighted by atomic mass is 10.4. The van der Waals surface area contributed by atoms with Crippen LogP contribution in [0.5, 0.6) is 0 Å². The van der Waals surface area contributed by atoms with Gasteiger partial charge in [-0.15, -0.1) is 0 Å². The van der Waals surface area contributed by atoms with Crippen LogP contribution in [0.15, 0.2) is 23.3 Å². The summed E-state index contributed by atoms with van der Waals surface area (Å²) in [6.45, 7) is 0. The van der Waals surface area contributed by atoms with E-state index in [9.17, 15) is 0 Å². The van der Waals surface area contributed by atoms with Gasteiger partial charge in [0.15, 0.2) is 0 Å². The maximum Gasteiger partial charge on any atom is 0.0904 e. The Morgan fingerprint density at radius 2 is 2.50 bits per heavy atom. The zero-order valence-corrected chi connectivity index (χ0v) is 5.07. The van der Waals surface area contributed by atoms with Gasteiger partial charge in [-0.25, -0.2) is 0 Å². The van der Waals surface area contributed by atoms with Crippen LogP contribution in [-0.2, 0) is 0 Å². The van der Waals surface area contributed by atoms with Gasteiger partial charge in [-0.3, -0.25) is 0 Å². The molecule has 0 atom stereocenters. The van der Waals surface area contributed by atoms with Crippen LogP contribution < -0.4 is 0 Å². The average Bonchev–Trinajstić information content (AvgIpc) is 1.94. The fourth-order valence-electron chi connectivity index (χ4n) is 0.457. The zero-order chi connectivity index (χ0) is 5.82. The third-order valence-electron chi connectivity index (χ3n) is 0.806. The van der Waals surface area contributed by atoms with E-state index in [0.29, 0.717) is 5.03 Å². The first-order chi connectivity index (χ1) is 3.89. The molecule has 1 rings (SSSR count). The highest BCUT2D eigenvalue weighted by molar-refractivity contribution is 6.32. The molecule has 1 aliphatic carbocycles. The third kappa shape index (κ3) is 1.44.